The maximum absolute atomic E-state index is 11.7. The lowest BCUT2D eigenvalue weighted by atomic mass is 9.73. The number of hydrogen-bond acceptors (Lipinski definition) is 2. The molecule has 1 saturated heterocycles. The lowest BCUT2D eigenvalue weighted by Crippen LogP contribution is -2.60. The Morgan fingerprint density at radius 3 is 2.79 bits per heavy atom. The van der Waals surface area contributed by atoms with Crippen LogP contribution in [-0.2, 0) is 9.59 Å². The van der Waals surface area contributed by atoms with Crippen LogP contribution in [0.15, 0.2) is 0 Å². The summed E-state index contributed by atoms with van der Waals surface area (Å²) in [5, 5.41) is 11.8. The number of aliphatic carboxylic acids is 1. The molecule has 4 heteroatoms. The number of carboxylic acids is 1. The molecule has 1 heterocycles. The molecule has 0 aromatic rings. The molecule has 0 radical (unpaired) electrons. The molecule has 1 saturated carbocycles. The van der Waals surface area contributed by atoms with Gasteiger partial charge < -0.3 is 10.4 Å². The molecule has 2 N–H and O–H groups in total. The lowest BCUT2D eigenvalue weighted by Gasteiger charge is -2.39. The van der Waals surface area contributed by atoms with Gasteiger partial charge in [-0.05, 0) is 25.2 Å². The minimum Gasteiger partial charge on any atom is -0.480 e. The predicted molar refractivity (Wildman–Crippen MR) is 49.6 cm³/mol. The molecule has 0 spiro atoms. The number of carbonyl (C=O) groups excluding carboxylic acids is 1. The summed E-state index contributed by atoms with van der Waals surface area (Å²) in [5.41, 5.74) is -1.37. The molecular formula is C10H15NO3. The van der Waals surface area contributed by atoms with Crippen LogP contribution >= 0.6 is 0 Å². The number of fused-ring (bicyclic) bond motifs is 2. The van der Waals surface area contributed by atoms with Crippen LogP contribution in [0.4, 0.5) is 0 Å². The van der Waals surface area contributed by atoms with E-state index in [-0.39, 0.29) is 11.8 Å². The normalized spacial score (nSPS) is 39.3. The van der Waals surface area contributed by atoms with Gasteiger partial charge in [-0.15, -0.1) is 0 Å². The van der Waals surface area contributed by atoms with Gasteiger partial charge in [0.25, 0.3) is 0 Å². The van der Waals surface area contributed by atoms with Crippen LogP contribution in [0.25, 0.3) is 0 Å². The van der Waals surface area contributed by atoms with Crippen LogP contribution in [0.5, 0.6) is 0 Å². The van der Waals surface area contributed by atoms with Gasteiger partial charge in [-0.2, -0.15) is 0 Å². The van der Waals surface area contributed by atoms with Gasteiger partial charge in [-0.25, -0.2) is 4.79 Å². The minimum absolute atomic E-state index is 0.117. The zero-order chi connectivity index (χ0) is 10.6. The number of amides is 1. The van der Waals surface area contributed by atoms with Gasteiger partial charge in [-0.1, -0.05) is 13.8 Å². The Morgan fingerprint density at radius 2 is 2.21 bits per heavy atom. The highest BCUT2D eigenvalue weighted by atomic mass is 16.4. The van der Waals surface area contributed by atoms with Crippen molar-refractivity contribution >= 4 is 11.9 Å². The Morgan fingerprint density at radius 1 is 1.57 bits per heavy atom. The van der Waals surface area contributed by atoms with E-state index in [1.807, 2.05) is 13.8 Å². The van der Waals surface area contributed by atoms with Crippen molar-refractivity contribution in [2.75, 3.05) is 0 Å². The average molecular weight is 197 g/mol. The van der Waals surface area contributed by atoms with Crippen molar-refractivity contribution in [2.45, 2.75) is 38.6 Å². The summed E-state index contributed by atoms with van der Waals surface area (Å²) in [6, 6.07) is 0. The van der Waals surface area contributed by atoms with Gasteiger partial charge in [-0.3, -0.25) is 4.79 Å². The van der Waals surface area contributed by atoms with Gasteiger partial charge >= 0.3 is 5.97 Å². The summed E-state index contributed by atoms with van der Waals surface area (Å²) < 4.78 is 0. The van der Waals surface area contributed by atoms with Crippen LogP contribution < -0.4 is 5.32 Å². The van der Waals surface area contributed by atoms with Crippen molar-refractivity contribution in [3.8, 4) is 0 Å². The van der Waals surface area contributed by atoms with Gasteiger partial charge in [0.2, 0.25) is 5.91 Å². The standard InChI is InChI=1S/C10H15NO3/c1-9(2)6-3-4-10(5-6,8(13)14)11-7(9)12/h6H,3-5H2,1-2H3,(H,11,12)(H,13,14)/t6-,10+/m0/s1. The SMILES string of the molecule is CC1(C)C(=O)N[C@]2(C(=O)O)CC[C@H]1C2. The lowest BCUT2D eigenvalue weighted by molar-refractivity contribution is -0.152. The van der Waals surface area contributed by atoms with E-state index in [2.05, 4.69) is 5.32 Å². The van der Waals surface area contributed by atoms with Gasteiger partial charge in [0.15, 0.2) is 0 Å². The van der Waals surface area contributed by atoms with E-state index in [1.54, 1.807) is 0 Å². The number of rotatable bonds is 1. The molecule has 0 unspecified atom stereocenters. The molecule has 1 amide bonds. The first-order valence-corrected chi connectivity index (χ1v) is 4.94. The number of carboxylic acid groups (broad SMARTS) is 1. The monoisotopic (exact) mass is 197 g/mol. The van der Waals surface area contributed by atoms with E-state index in [9.17, 15) is 9.59 Å². The molecule has 0 aromatic heterocycles. The number of nitrogens with one attached hydrogen (secondary N) is 1. The minimum atomic E-state index is -0.961. The smallest absolute Gasteiger partial charge is 0.329 e. The molecular weight excluding hydrogens is 182 g/mol. The fourth-order valence-corrected chi connectivity index (χ4v) is 2.59. The average Bonchev–Trinajstić information content (AvgIpc) is 2.46. The second-order valence-corrected chi connectivity index (χ2v) is 5.00. The Kier molecular flexibility index (Phi) is 1.69. The molecule has 78 valence electrons. The third-order valence-corrected chi connectivity index (χ3v) is 3.88. The van der Waals surface area contributed by atoms with Crippen LogP contribution in [0, 0.1) is 11.3 Å². The van der Waals surface area contributed by atoms with E-state index < -0.39 is 16.9 Å². The van der Waals surface area contributed by atoms with E-state index in [0.717, 1.165) is 6.42 Å². The number of carbonyl (C=O) groups is 2. The fourth-order valence-electron chi connectivity index (χ4n) is 2.59. The molecule has 2 aliphatic rings. The first-order valence-electron chi connectivity index (χ1n) is 4.94. The largest absolute Gasteiger partial charge is 0.480 e. The van der Waals surface area contributed by atoms with E-state index in [1.165, 1.54) is 0 Å². The van der Waals surface area contributed by atoms with E-state index in [0.29, 0.717) is 12.8 Å². The molecule has 1 aliphatic heterocycles. The van der Waals surface area contributed by atoms with Crippen molar-refractivity contribution in [1.29, 1.82) is 0 Å². The highest BCUT2D eigenvalue weighted by molar-refractivity contribution is 5.92. The molecule has 14 heavy (non-hydrogen) atoms. The summed E-state index contributed by atoms with van der Waals surface area (Å²) >= 11 is 0. The number of hydrogen-bond donors (Lipinski definition) is 2. The van der Waals surface area contributed by atoms with Crippen molar-refractivity contribution in [3.63, 3.8) is 0 Å². The van der Waals surface area contributed by atoms with Crippen molar-refractivity contribution in [3.05, 3.63) is 0 Å². The molecule has 0 aromatic carbocycles. The van der Waals surface area contributed by atoms with Crippen LogP contribution in [-0.4, -0.2) is 22.5 Å². The van der Waals surface area contributed by atoms with E-state index in [4.69, 9.17) is 5.11 Å². The Balaban J connectivity index is 2.34. The summed E-state index contributed by atoms with van der Waals surface area (Å²) in [7, 11) is 0. The Labute approximate surface area is 82.7 Å². The van der Waals surface area contributed by atoms with Gasteiger partial charge in [0.05, 0.1) is 0 Å². The highest BCUT2D eigenvalue weighted by Crippen LogP contribution is 2.48. The molecule has 2 rings (SSSR count). The molecule has 2 fully saturated rings. The summed E-state index contributed by atoms with van der Waals surface area (Å²) in [4.78, 5) is 22.8. The molecule has 1 aliphatic carbocycles. The highest BCUT2D eigenvalue weighted by Gasteiger charge is 2.57. The second kappa shape index (κ2) is 2.49. The Bertz CT molecular complexity index is 310. The molecule has 2 bridgehead atoms. The zero-order valence-corrected chi connectivity index (χ0v) is 8.46. The quantitative estimate of drug-likeness (QED) is 0.652. The van der Waals surface area contributed by atoms with Crippen molar-refractivity contribution in [2.24, 2.45) is 11.3 Å². The number of piperidine rings is 1. The predicted octanol–water partition coefficient (Wildman–Crippen LogP) is 0.766. The maximum Gasteiger partial charge on any atom is 0.329 e. The first-order chi connectivity index (χ1) is 6.38. The van der Waals surface area contributed by atoms with Crippen LogP contribution in [0.2, 0.25) is 0 Å². The topological polar surface area (TPSA) is 66.4 Å². The second-order valence-electron chi connectivity index (χ2n) is 5.00. The summed E-state index contributed by atoms with van der Waals surface area (Å²) in [6.07, 6.45) is 1.99. The van der Waals surface area contributed by atoms with E-state index >= 15 is 0 Å². The van der Waals surface area contributed by atoms with Gasteiger partial charge in [0.1, 0.15) is 5.54 Å². The molecule has 2 atom stereocenters. The third kappa shape index (κ3) is 0.996. The van der Waals surface area contributed by atoms with Crippen molar-refractivity contribution < 1.29 is 14.7 Å². The maximum atomic E-state index is 11.7. The summed E-state index contributed by atoms with van der Waals surface area (Å²) in [6.45, 7) is 3.79. The van der Waals surface area contributed by atoms with Crippen LogP contribution in [0.1, 0.15) is 33.1 Å². The third-order valence-electron chi connectivity index (χ3n) is 3.88. The fraction of sp³-hybridized carbons (Fsp3) is 0.800. The van der Waals surface area contributed by atoms with Crippen LogP contribution in [0.3, 0.4) is 0 Å². The molecule has 4 nitrogen and oxygen atoms in total. The van der Waals surface area contributed by atoms with Gasteiger partial charge in [0, 0.05) is 5.41 Å². The first kappa shape index (κ1) is 9.49. The van der Waals surface area contributed by atoms with Crippen molar-refractivity contribution in [1.82, 2.24) is 5.32 Å². The Hall–Kier alpha value is -1.06. The zero-order valence-electron chi connectivity index (χ0n) is 8.46. The summed E-state index contributed by atoms with van der Waals surface area (Å²) in [5.74, 6) is -0.787.